The first-order chi connectivity index (χ1) is 5.38. The van der Waals surface area contributed by atoms with E-state index < -0.39 is 0 Å². The molecule has 1 saturated carbocycles. The van der Waals surface area contributed by atoms with Gasteiger partial charge in [0, 0.05) is 8.86 Å². The molecule has 0 radical (unpaired) electrons. The molecule has 0 unspecified atom stereocenters. The topological polar surface area (TPSA) is 0 Å². The molecule has 0 aliphatic heterocycles. The number of rotatable bonds is 2. The van der Waals surface area contributed by atoms with Crippen molar-refractivity contribution in [2.24, 2.45) is 11.8 Å². The summed E-state index contributed by atoms with van der Waals surface area (Å²) in [5, 5.41) is 0. The van der Waals surface area contributed by atoms with E-state index in [0.717, 1.165) is 11.8 Å². The van der Waals surface area contributed by atoms with Crippen molar-refractivity contribution in [1.29, 1.82) is 0 Å². The molecule has 0 N–H and O–H groups in total. The van der Waals surface area contributed by atoms with Gasteiger partial charge in [-0.1, -0.05) is 64.4 Å². The number of alkyl halides is 2. The van der Waals surface area contributed by atoms with E-state index in [9.17, 15) is 0 Å². The van der Waals surface area contributed by atoms with Crippen LogP contribution >= 0.6 is 45.2 Å². The zero-order valence-corrected chi connectivity index (χ0v) is 11.2. The monoisotopic (exact) mass is 378 g/mol. The van der Waals surface area contributed by atoms with Gasteiger partial charge >= 0.3 is 0 Å². The van der Waals surface area contributed by atoms with Crippen LogP contribution in [0.15, 0.2) is 0 Å². The largest absolute Gasteiger partial charge is 0.0861 e. The van der Waals surface area contributed by atoms with Gasteiger partial charge in [0.1, 0.15) is 0 Å². The Hall–Kier alpha value is 1.46. The summed E-state index contributed by atoms with van der Waals surface area (Å²) in [5.74, 6) is 2.07. The third kappa shape index (κ3) is 3.36. The van der Waals surface area contributed by atoms with Crippen LogP contribution in [0.2, 0.25) is 0 Å². The Balaban J connectivity index is 2.41. The maximum absolute atomic E-state index is 2.56. The molecule has 1 fully saturated rings. The minimum atomic E-state index is 1.04. The molecule has 1 rings (SSSR count). The molecule has 0 bridgehead atoms. The van der Waals surface area contributed by atoms with Gasteiger partial charge in [-0.3, -0.25) is 0 Å². The van der Waals surface area contributed by atoms with Crippen molar-refractivity contribution in [2.45, 2.75) is 32.1 Å². The van der Waals surface area contributed by atoms with E-state index in [4.69, 9.17) is 0 Å². The van der Waals surface area contributed by atoms with E-state index >= 15 is 0 Å². The second-order valence-electron chi connectivity index (χ2n) is 3.47. The second-order valence-corrected chi connectivity index (χ2v) is 5.23. The molecule has 0 heterocycles. The lowest BCUT2D eigenvalue weighted by molar-refractivity contribution is 0.389. The highest BCUT2D eigenvalue weighted by molar-refractivity contribution is 14.1. The maximum atomic E-state index is 2.56. The Labute approximate surface area is 97.2 Å². The third-order valence-electron chi connectivity index (χ3n) is 2.71. The summed E-state index contributed by atoms with van der Waals surface area (Å²) in [6.45, 7) is 0. The zero-order chi connectivity index (χ0) is 8.10. The summed E-state index contributed by atoms with van der Waals surface area (Å²) >= 11 is 5.12. The Morgan fingerprint density at radius 2 is 1.27 bits per heavy atom. The Morgan fingerprint density at radius 1 is 0.818 bits per heavy atom. The molecule has 0 aromatic rings. The van der Waals surface area contributed by atoms with E-state index in [1.807, 2.05) is 0 Å². The Morgan fingerprint density at radius 3 is 1.64 bits per heavy atom. The normalized spacial score (nSPS) is 33.3. The van der Waals surface area contributed by atoms with Gasteiger partial charge in [-0.15, -0.1) is 0 Å². The zero-order valence-electron chi connectivity index (χ0n) is 6.86. The van der Waals surface area contributed by atoms with Crippen molar-refractivity contribution in [1.82, 2.24) is 0 Å². The average Bonchev–Trinajstić information content (AvgIpc) is 2.27. The molecule has 11 heavy (non-hydrogen) atoms. The van der Waals surface area contributed by atoms with Crippen LogP contribution in [0.5, 0.6) is 0 Å². The van der Waals surface area contributed by atoms with Gasteiger partial charge in [-0.25, -0.2) is 0 Å². The molecule has 1 aliphatic carbocycles. The SMILES string of the molecule is IC[C@@H]1CCCCC[C@H]1CI. The first-order valence-corrected chi connectivity index (χ1v) is 7.55. The molecule has 0 aromatic carbocycles. The molecule has 0 spiro atoms. The van der Waals surface area contributed by atoms with Crippen LogP contribution in [0.1, 0.15) is 32.1 Å². The maximum Gasteiger partial charge on any atom is 0.00266 e. The number of hydrogen-bond acceptors (Lipinski definition) is 0. The lowest BCUT2D eigenvalue weighted by Crippen LogP contribution is -2.15. The van der Waals surface area contributed by atoms with Crippen molar-refractivity contribution in [3.8, 4) is 0 Å². The first kappa shape index (κ1) is 10.5. The fourth-order valence-corrected chi connectivity index (χ4v) is 4.19. The van der Waals surface area contributed by atoms with Crippen molar-refractivity contribution in [3.05, 3.63) is 0 Å². The predicted molar refractivity (Wildman–Crippen MR) is 67.8 cm³/mol. The average molecular weight is 378 g/mol. The van der Waals surface area contributed by atoms with Crippen LogP contribution in [0.25, 0.3) is 0 Å². The lowest BCUT2D eigenvalue weighted by Gasteiger charge is -2.20. The van der Waals surface area contributed by atoms with Crippen LogP contribution in [-0.2, 0) is 0 Å². The van der Waals surface area contributed by atoms with Crippen molar-refractivity contribution < 1.29 is 0 Å². The molecule has 0 aromatic heterocycles. The molecule has 1 aliphatic rings. The Bertz CT molecular complexity index is 91.7. The lowest BCUT2D eigenvalue weighted by atomic mass is 9.92. The molecular weight excluding hydrogens is 362 g/mol. The molecule has 0 nitrogen and oxygen atoms in total. The standard InChI is InChI=1S/C9H16I2/c10-6-8-4-2-1-3-5-9(8)7-11/h8-9H,1-7H2/t8-,9-/m0/s1. The van der Waals surface area contributed by atoms with Crippen LogP contribution in [-0.4, -0.2) is 8.86 Å². The minimum absolute atomic E-state index is 1.04. The molecule has 2 heteroatoms. The van der Waals surface area contributed by atoms with Crippen LogP contribution < -0.4 is 0 Å². The summed E-state index contributed by atoms with van der Waals surface area (Å²) in [5.41, 5.74) is 0. The first-order valence-electron chi connectivity index (χ1n) is 4.50. The third-order valence-corrected chi connectivity index (χ3v) is 4.98. The molecule has 0 amide bonds. The van der Waals surface area contributed by atoms with E-state index in [2.05, 4.69) is 45.2 Å². The smallest absolute Gasteiger partial charge is 0.00266 e. The highest BCUT2D eigenvalue weighted by Gasteiger charge is 2.21. The van der Waals surface area contributed by atoms with Gasteiger partial charge in [0.15, 0.2) is 0 Å². The minimum Gasteiger partial charge on any atom is -0.0861 e. The summed E-state index contributed by atoms with van der Waals surface area (Å²) in [6.07, 6.45) is 7.45. The molecule has 66 valence electrons. The van der Waals surface area contributed by atoms with Crippen LogP contribution in [0, 0.1) is 11.8 Å². The van der Waals surface area contributed by atoms with Gasteiger partial charge < -0.3 is 0 Å². The molecular formula is C9H16I2. The molecule has 2 atom stereocenters. The van der Waals surface area contributed by atoms with Gasteiger partial charge in [-0.2, -0.15) is 0 Å². The van der Waals surface area contributed by atoms with E-state index in [1.165, 1.54) is 41.0 Å². The van der Waals surface area contributed by atoms with Gasteiger partial charge in [0.25, 0.3) is 0 Å². The van der Waals surface area contributed by atoms with E-state index in [1.54, 1.807) is 0 Å². The fourth-order valence-electron chi connectivity index (χ4n) is 1.87. The van der Waals surface area contributed by atoms with E-state index in [-0.39, 0.29) is 0 Å². The van der Waals surface area contributed by atoms with Gasteiger partial charge in [0.2, 0.25) is 0 Å². The summed E-state index contributed by atoms with van der Waals surface area (Å²) in [4.78, 5) is 0. The van der Waals surface area contributed by atoms with Crippen LogP contribution in [0.3, 0.4) is 0 Å². The van der Waals surface area contributed by atoms with Crippen molar-refractivity contribution in [3.63, 3.8) is 0 Å². The highest BCUT2D eigenvalue weighted by Crippen LogP contribution is 2.31. The highest BCUT2D eigenvalue weighted by atomic mass is 127. The summed E-state index contributed by atoms with van der Waals surface area (Å²) in [6, 6.07) is 0. The second kappa shape index (κ2) is 6.00. The Kier molecular flexibility index (Phi) is 5.75. The van der Waals surface area contributed by atoms with E-state index in [0.29, 0.717) is 0 Å². The van der Waals surface area contributed by atoms with Crippen molar-refractivity contribution in [2.75, 3.05) is 8.86 Å². The predicted octanol–water partition coefficient (Wildman–Crippen LogP) is 4.05. The quantitative estimate of drug-likeness (QED) is 0.387. The number of halogens is 2. The summed E-state index contributed by atoms with van der Waals surface area (Å²) in [7, 11) is 0. The number of hydrogen-bond donors (Lipinski definition) is 0. The summed E-state index contributed by atoms with van der Waals surface area (Å²) < 4.78 is 2.76. The fraction of sp³-hybridized carbons (Fsp3) is 1.00. The van der Waals surface area contributed by atoms with Crippen molar-refractivity contribution >= 4 is 45.2 Å². The van der Waals surface area contributed by atoms with Gasteiger partial charge in [-0.05, 0) is 24.7 Å². The molecule has 0 saturated heterocycles. The van der Waals surface area contributed by atoms with Gasteiger partial charge in [0.05, 0.1) is 0 Å². The van der Waals surface area contributed by atoms with Crippen LogP contribution in [0.4, 0.5) is 0 Å².